The van der Waals surface area contributed by atoms with Crippen molar-refractivity contribution in [1.82, 2.24) is 0 Å². The summed E-state index contributed by atoms with van der Waals surface area (Å²) in [5, 5.41) is 0. The molecule has 2 aromatic rings. The van der Waals surface area contributed by atoms with Gasteiger partial charge in [0.15, 0.2) is 20.2 Å². The second-order valence-corrected chi connectivity index (χ2v) is 14.4. The van der Waals surface area contributed by atoms with Crippen LogP contribution in [0.5, 0.6) is 0 Å². The van der Waals surface area contributed by atoms with Gasteiger partial charge in [-0.3, -0.25) is 0 Å². The molecule has 0 radical (unpaired) electrons. The van der Waals surface area contributed by atoms with Crippen molar-refractivity contribution in [2.75, 3.05) is 78.9 Å². The van der Waals surface area contributed by atoms with Gasteiger partial charge < -0.3 is 37.5 Å². The average molecular weight is 1080 g/mol. The summed E-state index contributed by atoms with van der Waals surface area (Å²) in [6.07, 6.45) is 0. The number of rotatable bonds is 6. The molecule has 0 atom stereocenters. The Labute approximate surface area is 368 Å². The van der Waals surface area contributed by atoms with E-state index >= 15 is 0 Å². The summed E-state index contributed by atoms with van der Waals surface area (Å²) < 4.78 is 151. The fourth-order valence-electron chi connectivity index (χ4n) is 5.05. The summed E-state index contributed by atoms with van der Waals surface area (Å²) in [5.74, 6) is 3.97. The Morgan fingerprint density at radius 3 is 0.600 bits per heavy atom. The van der Waals surface area contributed by atoms with Crippen molar-refractivity contribution < 1.29 is 125 Å². The molecule has 0 N–H and O–H groups in total. The van der Waals surface area contributed by atoms with E-state index in [9.17, 15) is 26.3 Å². The van der Waals surface area contributed by atoms with E-state index in [2.05, 4.69) is 30.0 Å². The molecule has 0 unspecified atom stereocenters. The summed E-state index contributed by atoms with van der Waals surface area (Å²) in [4.78, 5) is 26.2. The number of nitrogens with zero attached hydrogens (tertiary/aromatic N) is 6. The maximum Gasteiger partial charge on any atom is 1.00 e. The van der Waals surface area contributed by atoms with Crippen molar-refractivity contribution in [1.29, 1.82) is 0 Å². The van der Waals surface area contributed by atoms with Crippen LogP contribution in [0.25, 0.3) is 0 Å². The van der Waals surface area contributed by atoms with E-state index < -0.39 is 31.3 Å². The molecule has 6 aliphatic rings. The van der Waals surface area contributed by atoms with Crippen LogP contribution in [0.2, 0.25) is 0 Å². The van der Waals surface area contributed by atoms with E-state index in [1.165, 1.54) is 0 Å². The van der Waals surface area contributed by atoms with Crippen molar-refractivity contribution >= 4 is 55.6 Å². The maximum absolute atomic E-state index is 10.7. The summed E-state index contributed by atoms with van der Waals surface area (Å²) in [5.41, 5.74) is -5.81. The Bertz CT molecular complexity index is 1910. The van der Waals surface area contributed by atoms with E-state index in [0.717, 1.165) is 33.4 Å². The molecule has 0 saturated heterocycles. The number of benzene rings is 2. The Hall–Kier alpha value is -3.86. The molecule has 18 nitrogen and oxygen atoms in total. The smallest absolute Gasteiger partial charge is 0.741 e. The van der Waals surface area contributed by atoms with Crippen molar-refractivity contribution in [2.45, 2.75) is 11.0 Å². The normalized spacial score (nSPS) is 17.9. The van der Waals surface area contributed by atoms with Gasteiger partial charge in [0.05, 0.1) is 39.3 Å². The molecule has 2 aromatic carbocycles. The SMILES string of the molecule is O=S(=O)([O-])C(F)(F)F.O=S(=O)([O-])C(F)(F)F.[Ag+].[Ag+].c1c(C2=NCCO2)cc(C2=NCCO2)cc1C1=NCCO1.c1c(C2=NCCO2)cc(C2=NCCO2)cc1C1=NCCO1. The summed E-state index contributed by atoms with van der Waals surface area (Å²) in [6.45, 7) is 7.96. The largest absolute Gasteiger partial charge is 1.00 e. The average Bonchev–Trinajstić information content (AvgIpc) is 4.02. The summed E-state index contributed by atoms with van der Waals surface area (Å²) >= 11 is 0. The second-order valence-electron chi connectivity index (χ2n) is 11.6. The van der Waals surface area contributed by atoms with Crippen molar-refractivity contribution in [3.63, 3.8) is 0 Å². The van der Waals surface area contributed by atoms with Crippen LogP contribution in [0.4, 0.5) is 26.3 Å². The Morgan fingerprint density at radius 1 is 0.383 bits per heavy atom. The third kappa shape index (κ3) is 14.1. The summed E-state index contributed by atoms with van der Waals surface area (Å²) in [7, 11) is -12.2. The standard InChI is InChI=1S/2C15H15N3O3.2CHF3O3S.2Ag/c2*1-4-19-13(16-1)10-7-11(14-17-2-5-20-14)9-12(8-10)15-18-3-6-21-15;2*2-1(3,4)8(5,6)7;;/h2*7-9H,1-6H2;2*(H,5,6,7);;/q;;;;2*+1/p-2. The quantitative estimate of drug-likeness (QED) is 0.175. The molecule has 8 rings (SSSR count). The molecule has 0 saturated carbocycles. The Balaban J connectivity index is 0.000000232. The first kappa shape index (κ1) is 50.5. The number of halogens is 6. The Morgan fingerprint density at radius 2 is 0.517 bits per heavy atom. The third-order valence-corrected chi connectivity index (χ3v) is 8.56. The first-order chi connectivity index (χ1) is 27.3. The molecule has 336 valence electrons. The van der Waals surface area contributed by atoms with Gasteiger partial charge in [-0.05, 0) is 36.4 Å². The minimum Gasteiger partial charge on any atom is -0.741 e. The number of aliphatic imine (C=N–C) groups is 6. The molecule has 0 spiro atoms. The molecule has 0 bridgehead atoms. The van der Waals surface area contributed by atoms with Gasteiger partial charge >= 0.3 is 55.8 Å². The molecule has 0 aliphatic carbocycles. The topological polar surface area (TPSA) is 244 Å². The van der Waals surface area contributed by atoms with Gasteiger partial charge in [-0.2, -0.15) is 26.3 Å². The van der Waals surface area contributed by atoms with Crippen LogP contribution in [0, 0.1) is 0 Å². The fourth-order valence-corrected chi connectivity index (χ4v) is 5.05. The zero-order chi connectivity index (χ0) is 42.1. The van der Waals surface area contributed by atoms with Crippen LogP contribution in [0.15, 0.2) is 66.4 Å². The van der Waals surface area contributed by atoms with E-state index in [1.54, 1.807) is 0 Å². The van der Waals surface area contributed by atoms with Gasteiger partial charge in [0.2, 0.25) is 35.4 Å². The van der Waals surface area contributed by atoms with E-state index in [1.807, 2.05) is 36.4 Å². The number of hydrogen-bond acceptors (Lipinski definition) is 18. The predicted octanol–water partition coefficient (Wildman–Crippen LogP) is 2.13. The molecule has 0 fully saturated rings. The zero-order valence-electron chi connectivity index (χ0n) is 30.2. The molecular weight excluding hydrogens is 1050 g/mol. The van der Waals surface area contributed by atoms with E-state index in [-0.39, 0.29) is 44.8 Å². The van der Waals surface area contributed by atoms with Gasteiger partial charge in [-0.15, -0.1) is 0 Å². The minimum atomic E-state index is -6.09. The molecule has 6 aliphatic heterocycles. The molecule has 28 heteroatoms. The summed E-state index contributed by atoms with van der Waals surface area (Å²) in [6, 6.07) is 12.0. The van der Waals surface area contributed by atoms with Gasteiger partial charge in [0.25, 0.3) is 0 Å². The number of hydrogen-bond donors (Lipinski definition) is 0. The first-order valence-electron chi connectivity index (χ1n) is 16.7. The Kier molecular flexibility index (Phi) is 18.3. The van der Waals surface area contributed by atoms with Crippen LogP contribution in [-0.4, -0.2) is 151 Å². The van der Waals surface area contributed by atoms with Gasteiger partial charge in [0, 0.05) is 33.4 Å². The van der Waals surface area contributed by atoms with E-state index in [4.69, 9.17) is 54.4 Å². The maximum atomic E-state index is 10.7. The number of alkyl halides is 6. The molecule has 6 heterocycles. The molecule has 0 aromatic heterocycles. The second kappa shape index (κ2) is 21.8. The van der Waals surface area contributed by atoms with Crippen LogP contribution in [-0.2, 0) is 93.4 Å². The van der Waals surface area contributed by atoms with Gasteiger partial charge in [0.1, 0.15) is 39.6 Å². The minimum absolute atomic E-state index is 0. The van der Waals surface area contributed by atoms with E-state index in [0.29, 0.717) is 114 Å². The van der Waals surface area contributed by atoms with Crippen LogP contribution in [0.1, 0.15) is 33.4 Å². The van der Waals surface area contributed by atoms with Crippen molar-refractivity contribution in [3.8, 4) is 0 Å². The van der Waals surface area contributed by atoms with Gasteiger partial charge in [-0.25, -0.2) is 46.8 Å². The van der Waals surface area contributed by atoms with Gasteiger partial charge in [-0.1, -0.05) is 0 Å². The molecular formula is C32H30Ag2F6N6O12S2. The van der Waals surface area contributed by atoms with Crippen LogP contribution >= 0.6 is 0 Å². The first-order valence-corrected chi connectivity index (χ1v) is 19.5. The van der Waals surface area contributed by atoms with Crippen molar-refractivity contribution in [2.24, 2.45) is 30.0 Å². The van der Waals surface area contributed by atoms with Crippen LogP contribution < -0.4 is 0 Å². The number of ether oxygens (including phenoxy) is 6. The third-order valence-electron chi connectivity index (χ3n) is 7.43. The predicted molar refractivity (Wildman–Crippen MR) is 189 cm³/mol. The van der Waals surface area contributed by atoms with Crippen molar-refractivity contribution in [3.05, 3.63) is 69.8 Å². The fraction of sp³-hybridized carbons (Fsp3) is 0.438. The zero-order valence-corrected chi connectivity index (χ0v) is 34.8. The monoisotopic (exact) mass is 1080 g/mol. The van der Waals surface area contributed by atoms with Crippen LogP contribution in [0.3, 0.4) is 0 Å². The molecule has 60 heavy (non-hydrogen) atoms. The molecule has 0 amide bonds.